The maximum atomic E-state index is 4.45. The van der Waals surface area contributed by atoms with Crippen LogP contribution in [0.25, 0.3) is 11.7 Å². The van der Waals surface area contributed by atoms with E-state index in [0.717, 1.165) is 11.3 Å². The molecule has 0 bridgehead atoms. The van der Waals surface area contributed by atoms with Gasteiger partial charge in [-0.25, -0.2) is 4.98 Å². The summed E-state index contributed by atoms with van der Waals surface area (Å²) in [6.45, 7) is 6.16. The summed E-state index contributed by atoms with van der Waals surface area (Å²) in [7, 11) is 0. The Morgan fingerprint density at radius 1 is 1.29 bits per heavy atom. The van der Waals surface area contributed by atoms with Gasteiger partial charge >= 0.3 is 0 Å². The summed E-state index contributed by atoms with van der Waals surface area (Å²) >= 11 is 0. The van der Waals surface area contributed by atoms with E-state index in [4.69, 9.17) is 0 Å². The van der Waals surface area contributed by atoms with E-state index in [1.807, 2.05) is 19.9 Å². The average Bonchev–Trinajstić information content (AvgIpc) is 2.45. The first kappa shape index (κ1) is 9.00. The third kappa shape index (κ3) is 1.33. The molecule has 0 spiro atoms. The summed E-state index contributed by atoms with van der Waals surface area (Å²) < 4.78 is 2.13. The van der Waals surface area contributed by atoms with Crippen LogP contribution < -0.4 is 0 Å². The molecule has 0 N–H and O–H groups in total. The van der Waals surface area contributed by atoms with Crippen molar-refractivity contribution in [2.45, 2.75) is 20.8 Å². The van der Waals surface area contributed by atoms with Crippen molar-refractivity contribution in [1.29, 1.82) is 0 Å². The van der Waals surface area contributed by atoms with Gasteiger partial charge in [-0.15, -0.1) is 0 Å². The van der Waals surface area contributed by atoms with Crippen molar-refractivity contribution in [3.63, 3.8) is 0 Å². The lowest BCUT2D eigenvalue weighted by atomic mass is 10.2. The number of aromatic nitrogens is 2. The molecular weight excluding hydrogens is 172 g/mol. The molecule has 0 saturated carbocycles. The molecule has 2 heterocycles. The number of rotatable bonds is 1. The van der Waals surface area contributed by atoms with E-state index in [-0.39, 0.29) is 0 Å². The van der Waals surface area contributed by atoms with Crippen molar-refractivity contribution in [2.24, 2.45) is 0 Å². The fourth-order valence-corrected chi connectivity index (χ4v) is 1.59. The van der Waals surface area contributed by atoms with Gasteiger partial charge in [0.1, 0.15) is 5.65 Å². The van der Waals surface area contributed by atoms with Crippen LogP contribution in [-0.4, -0.2) is 9.38 Å². The summed E-state index contributed by atoms with van der Waals surface area (Å²) in [4.78, 5) is 4.45. The van der Waals surface area contributed by atoms with E-state index in [0.29, 0.717) is 0 Å². The maximum Gasteiger partial charge on any atom is 0.137 e. The highest BCUT2D eigenvalue weighted by molar-refractivity contribution is 5.53. The summed E-state index contributed by atoms with van der Waals surface area (Å²) in [6, 6.07) is 4.14. The average molecular weight is 186 g/mol. The molecule has 2 aromatic heterocycles. The summed E-state index contributed by atoms with van der Waals surface area (Å²) in [5.41, 5.74) is 4.54. The lowest BCUT2D eigenvalue weighted by Crippen LogP contribution is -1.88. The first-order valence-corrected chi connectivity index (χ1v) is 4.80. The van der Waals surface area contributed by atoms with Crippen molar-refractivity contribution in [2.75, 3.05) is 0 Å². The molecule has 2 rings (SSSR count). The smallest absolute Gasteiger partial charge is 0.137 e. The predicted octanol–water partition coefficient (Wildman–Crippen LogP) is 2.98. The first-order valence-electron chi connectivity index (χ1n) is 4.80. The van der Waals surface area contributed by atoms with Crippen molar-refractivity contribution in [1.82, 2.24) is 9.38 Å². The van der Waals surface area contributed by atoms with Gasteiger partial charge in [0.2, 0.25) is 0 Å². The molecule has 0 aliphatic carbocycles. The molecule has 0 radical (unpaired) electrons. The number of fused-ring (bicyclic) bond motifs is 1. The van der Waals surface area contributed by atoms with E-state index in [1.54, 1.807) is 0 Å². The van der Waals surface area contributed by atoms with Crippen LogP contribution in [0, 0.1) is 13.8 Å². The second-order valence-corrected chi connectivity index (χ2v) is 3.47. The van der Waals surface area contributed by atoms with E-state index in [9.17, 15) is 0 Å². The van der Waals surface area contributed by atoms with Gasteiger partial charge in [-0.1, -0.05) is 12.2 Å². The number of allylic oxidation sites excluding steroid dienone is 1. The number of imidazole rings is 1. The number of nitrogens with zero attached hydrogens (tertiary/aromatic N) is 2. The molecule has 0 unspecified atom stereocenters. The molecule has 0 fully saturated rings. The fraction of sp³-hybridized carbons (Fsp3) is 0.250. The number of hydrogen-bond donors (Lipinski definition) is 0. The van der Waals surface area contributed by atoms with Crippen LogP contribution in [0.3, 0.4) is 0 Å². The molecule has 14 heavy (non-hydrogen) atoms. The number of hydrogen-bond acceptors (Lipinski definition) is 1. The Bertz CT molecular complexity index is 492. The van der Waals surface area contributed by atoms with Gasteiger partial charge in [0, 0.05) is 11.9 Å². The topological polar surface area (TPSA) is 17.3 Å². The zero-order valence-corrected chi connectivity index (χ0v) is 8.78. The third-order valence-corrected chi connectivity index (χ3v) is 2.48. The molecule has 0 aromatic carbocycles. The Morgan fingerprint density at radius 3 is 2.79 bits per heavy atom. The lowest BCUT2D eigenvalue weighted by molar-refractivity contribution is 1.09. The van der Waals surface area contributed by atoms with E-state index < -0.39 is 0 Å². The highest BCUT2D eigenvalue weighted by Gasteiger charge is 2.02. The monoisotopic (exact) mass is 186 g/mol. The van der Waals surface area contributed by atoms with Crippen LogP contribution in [-0.2, 0) is 0 Å². The van der Waals surface area contributed by atoms with Crippen LogP contribution in [0.4, 0.5) is 0 Å². The molecule has 0 saturated heterocycles. The van der Waals surface area contributed by atoms with Crippen LogP contribution >= 0.6 is 0 Å². The summed E-state index contributed by atoms with van der Waals surface area (Å²) in [6.07, 6.45) is 6.25. The Balaban J connectivity index is 2.69. The molecule has 0 aliphatic rings. The van der Waals surface area contributed by atoms with Crippen LogP contribution in [0.2, 0.25) is 0 Å². The zero-order chi connectivity index (χ0) is 10.1. The van der Waals surface area contributed by atoms with Gasteiger partial charge in [0.05, 0.1) is 5.69 Å². The largest absolute Gasteiger partial charge is 0.303 e. The molecule has 2 nitrogen and oxygen atoms in total. The van der Waals surface area contributed by atoms with Crippen LogP contribution in [0.15, 0.2) is 24.4 Å². The van der Waals surface area contributed by atoms with Gasteiger partial charge in [0.25, 0.3) is 0 Å². The second kappa shape index (κ2) is 3.29. The first-order chi connectivity index (χ1) is 6.72. The highest BCUT2D eigenvalue weighted by atomic mass is 15.0. The van der Waals surface area contributed by atoms with Crippen LogP contribution in [0.1, 0.15) is 23.9 Å². The SMILES string of the molecule is C/C=C\c1ccc2nc(C)c(C)n2c1. The highest BCUT2D eigenvalue weighted by Crippen LogP contribution is 2.12. The minimum Gasteiger partial charge on any atom is -0.303 e. The quantitative estimate of drug-likeness (QED) is 0.669. The van der Waals surface area contributed by atoms with Gasteiger partial charge in [-0.05, 0) is 38.5 Å². The predicted molar refractivity (Wildman–Crippen MR) is 59.4 cm³/mol. The molecular formula is C12H14N2. The normalized spacial score (nSPS) is 11.6. The standard InChI is InChI=1S/C12H14N2/c1-4-5-11-6-7-12-13-9(2)10(3)14(12)8-11/h4-8H,1-3H3/b5-4-. The van der Waals surface area contributed by atoms with E-state index in [1.165, 1.54) is 11.3 Å². The Morgan fingerprint density at radius 2 is 2.07 bits per heavy atom. The van der Waals surface area contributed by atoms with E-state index >= 15 is 0 Å². The molecule has 2 aromatic rings. The minimum absolute atomic E-state index is 1.02. The van der Waals surface area contributed by atoms with Crippen molar-refractivity contribution < 1.29 is 0 Å². The number of pyridine rings is 1. The van der Waals surface area contributed by atoms with Crippen LogP contribution in [0.5, 0.6) is 0 Å². The van der Waals surface area contributed by atoms with E-state index in [2.05, 4.69) is 40.7 Å². The summed E-state index contributed by atoms with van der Waals surface area (Å²) in [5, 5.41) is 0. The second-order valence-electron chi connectivity index (χ2n) is 3.47. The minimum atomic E-state index is 1.02. The Kier molecular flexibility index (Phi) is 2.12. The fourth-order valence-electron chi connectivity index (χ4n) is 1.59. The molecule has 0 amide bonds. The van der Waals surface area contributed by atoms with Gasteiger partial charge < -0.3 is 4.40 Å². The van der Waals surface area contributed by atoms with Crippen molar-refractivity contribution in [3.8, 4) is 0 Å². The number of aryl methyl sites for hydroxylation is 2. The Labute approximate surface area is 83.9 Å². The maximum absolute atomic E-state index is 4.45. The van der Waals surface area contributed by atoms with Crippen molar-refractivity contribution >= 4 is 11.7 Å². The van der Waals surface area contributed by atoms with Gasteiger partial charge in [0.15, 0.2) is 0 Å². The molecule has 72 valence electrons. The molecule has 2 heteroatoms. The van der Waals surface area contributed by atoms with Gasteiger partial charge in [-0.3, -0.25) is 0 Å². The summed E-state index contributed by atoms with van der Waals surface area (Å²) in [5.74, 6) is 0. The Hall–Kier alpha value is -1.57. The zero-order valence-electron chi connectivity index (χ0n) is 8.78. The van der Waals surface area contributed by atoms with Crippen molar-refractivity contribution in [3.05, 3.63) is 41.4 Å². The molecule has 0 aliphatic heterocycles. The lowest BCUT2D eigenvalue weighted by Gasteiger charge is -1.98. The van der Waals surface area contributed by atoms with Gasteiger partial charge in [-0.2, -0.15) is 0 Å². The molecule has 0 atom stereocenters. The third-order valence-electron chi connectivity index (χ3n) is 2.48.